The molecule has 1 aromatic heterocycles. The molecular weight excluding hydrogens is 489 g/mol. The Morgan fingerprint density at radius 3 is 2.50 bits per heavy atom. The molecule has 3 rings (SSSR count). The number of aliphatic imine (C=N–C) groups is 1. The van der Waals surface area contributed by atoms with E-state index >= 15 is 0 Å². The molecule has 1 aliphatic rings. The monoisotopic (exact) mass is 523 g/mol. The summed E-state index contributed by atoms with van der Waals surface area (Å²) in [5, 5.41) is 3.44. The Morgan fingerprint density at radius 1 is 1.20 bits per heavy atom. The van der Waals surface area contributed by atoms with Crippen LogP contribution in [0.2, 0.25) is 0 Å². The fraction of sp³-hybridized carbons (Fsp3) is 0.478. The van der Waals surface area contributed by atoms with Crippen molar-refractivity contribution in [3.63, 3.8) is 0 Å². The predicted octanol–water partition coefficient (Wildman–Crippen LogP) is 3.69. The van der Waals surface area contributed by atoms with Crippen molar-refractivity contribution in [1.29, 1.82) is 0 Å². The number of hydrogen-bond acceptors (Lipinski definition) is 4. The van der Waals surface area contributed by atoms with Crippen LogP contribution in [0.15, 0.2) is 47.6 Å². The number of anilines is 1. The first-order chi connectivity index (χ1) is 14.1. The molecule has 2 aromatic rings. The number of rotatable bonds is 6. The lowest BCUT2D eigenvalue weighted by Crippen LogP contribution is -2.41. The molecular formula is C23H34IN5O. The summed E-state index contributed by atoms with van der Waals surface area (Å²) in [6.07, 6.45) is 3.26. The zero-order valence-electron chi connectivity index (χ0n) is 18.5. The number of hydrogen-bond donors (Lipinski definition) is 1. The number of halogens is 1. The zero-order chi connectivity index (χ0) is 20.6. The second-order valence-corrected chi connectivity index (χ2v) is 7.58. The number of pyridine rings is 1. The molecule has 1 atom stereocenters. The van der Waals surface area contributed by atoms with Gasteiger partial charge in [-0.15, -0.1) is 24.0 Å². The normalized spacial score (nSPS) is 16.7. The third-order valence-corrected chi connectivity index (χ3v) is 5.25. The Morgan fingerprint density at radius 2 is 1.90 bits per heavy atom. The van der Waals surface area contributed by atoms with E-state index in [1.807, 2.05) is 13.2 Å². The van der Waals surface area contributed by atoms with Crippen molar-refractivity contribution >= 4 is 35.8 Å². The SMILES string of the molecule is CCc1ccc(CN(C)C(=NC)NCc2ccc(N3CCOC(C)C3)nc2)cc1.I. The number of aromatic nitrogens is 1. The largest absolute Gasteiger partial charge is 0.375 e. The van der Waals surface area contributed by atoms with Crippen LogP contribution in [0.4, 0.5) is 5.82 Å². The van der Waals surface area contributed by atoms with Crippen LogP contribution in [0.1, 0.15) is 30.5 Å². The number of aryl methyl sites for hydroxylation is 1. The van der Waals surface area contributed by atoms with E-state index in [0.717, 1.165) is 50.0 Å². The molecule has 1 unspecified atom stereocenters. The molecule has 0 amide bonds. The molecule has 1 fully saturated rings. The molecule has 6 nitrogen and oxygen atoms in total. The third kappa shape index (κ3) is 6.84. The molecule has 0 saturated carbocycles. The van der Waals surface area contributed by atoms with Gasteiger partial charge in [0.2, 0.25) is 0 Å². The highest BCUT2D eigenvalue weighted by atomic mass is 127. The fourth-order valence-corrected chi connectivity index (χ4v) is 3.53. The van der Waals surface area contributed by atoms with Crippen LogP contribution in [-0.2, 0) is 24.2 Å². The number of ether oxygens (including phenoxy) is 1. The van der Waals surface area contributed by atoms with Crippen LogP contribution < -0.4 is 10.2 Å². The second kappa shape index (κ2) is 12.1. The summed E-state index contributed by atoms with van der Waals surface area (Å²) < 4.78 is 5.61. The first kappa shape index (κ1) is 24.4. The van der Waals surface area contributed by atoms with Crippen molar-refractivity contribution in [1.82, 2.24) is 15.2 Å². The molecule has 30 heavy (non-hydrogen) atoms. The summed E-state index contributed by atoms with van der Waals surface area (Å²) in [6.45, 7) is 8.33. The molecule has 0 radical (unpaired) electrons. The van der Waals surface area contributed by atoms with Gasteiger partial charge in [-0.25, -0.2) is 4.98 Å². The Hall–Kier alpha value is -1.87. The Labute approximate surface area is 197 Å². The van der Waals surface area contributed by atoms with Crippen LogP contribution in [-0.4, -0.2) is 55.7 Å². The van der Waals surface area contributed by atoms with Crippen molar-refractivity contribution in [2.45, 2.75) is 39.5 Å². The molecule has 164 valence electrons. The molecule has 1 aromatic carbocycles. The van der Waals surface area contributed by atoms with E-state index in [1.54, 1.807) is 0 Å². The first-order valence-corrected chi connectivity index (χ1v) is 10.4. The lowest BCUT2D eigenvalue weighted by Gasteiger charge is -2.32. The first-order valence-electron chi connectivity index (χ1n) is 10.4. The topological polar surface area (TPSA) is 53.0 Å². The highest BCUT2D eigenvalue weighted by Crippen LogP contribution is 2.15. The highest BCUT2D eigenvalue weighted by molar-refractivity contribution is 14.0. The highest BCUT2D eigenvalue weighted by Gasteiger charge is 2.17. The van der Waals surface area contributed by atoms with Gasteiger partial charge in [-0.3, -0.25) is 4.99 Å². The summed E-state index contributed by atoms with van der Waals surface area (Å²) >= 11 is 0. The number of nitrogens with one attached hydrogen (secondary N) is 1. The molecule has 2 heterocycles. The Balaban J connectivity index is 0.00000320. The second-order valence-electron chi connectivity index (χ2n) is 7.58. The van der Waals surface area contributed by atoms with Gasteiger partial charge in [-0.05, 0) is 36.1 Å². The van der Waals surface area contributed by atoms with E-state index in [1.165, 1.54) is 11.1 Å². The van der Waals surface area contributed by atoms with Gasteiger partial charge in [0.25, 0.3) is 0 Å². The minimum absolute atomic E-state index is 0. The summed E-state index contributed by atoms with van der Waals surface area (Å²) in [5.41, 5.74) is 3.77. The minimum atomic E-state index is 0. The number of benzene rings is 1. The summed E-state index contributed by atoms with van der Waals surface area (Å²) in [4.78, 5) is 13.5. The van der Waals surface area contributed by atoms with Gasteiger partial charge >= 0.3 is 0 Å². The smallest absolute Gasteiger partial charge is 0.193 e. The van der Waals surface area contributed by atoms with Crippen molar-refractivity contribution in [2.24, 2.45) is 4.99 Å². The molecule has 0 bridgehead atoms. The summed E-state index contributed by atoms with van der Waals surface area (Å²) in [7, 11) is 3.88. The van der Waals surface area contributed by atoms with E-state index < -0.39 is 0 Å². The van der Waals surface area contributed by atoms with Crippen molar-refractivity contribution in [3.05, 3.63) is 59.3 Å². The average molecular weight is 523 g/mol. The van der Waals surface area contributed by atoms with Gasteiger partial charge in [-0.2, -0.15) is 0 Å². The lowest BCUT2D eigenvalue weighted by molar-refractivity contribution is 0.0529. The quantitative estimate of drug-likeness (QED) is 0.356. The van der Waals surface area contributed by atoms with Crippen molar-refractivity contribution < 1.29 is 4.74 Å². The van der Waals surface area contributed by atoms with E-state index in [0.29, 0.717) is 6.54 Å². The fourth-order valence-electron chi connectivity index (χ4n) is 3.53. The summed E-state index contributed by atoms with van der Waals surface area (Å²) in [6, 6.07) is 13.0. The van der Waals surface area contributed by atoms with Crippen LogP contribution in [0, 0.1) is 0 Å². The van der Waals surface area contributed by atoms with Gasteiger partial charge in [0.05, 0.1) is 12.7 Å². The van der Waals surface area contributed by atoms with Gasteiger partial charge < -0.3 is 19.9 Å². The predicted molar refractivity (Wildman–Crippen MR) is 135 cm³/mol. The van der Waals surface area contributed by atoms with Crippen LogP contribution in [0.3, 0.4) is 0 Å². The maximum atomic E-state index is 5.61. The molecule has 0 aliphatic carbocycles. The standard InChI is InChI=1S/C23H33N5O.HI/c1-5-19-6-8-20(9-7-19)17-27(4)23(24-3)26-15-21-10-11-22(25-14-21)28-12-13-29-18(2)16-28;/h6-11,14,18H,5,12-13,15-17H2,1-4H3,(H,24,26);1H. The van der Waals surface area contributed by atoms with Gasteiger partial charge in [0.15, 0.2) is 5.96 Å². The van der Waals surface area contributed by atoms with Gasteiger partial charge in [0, 0.05) is 46.5 Å². The maximum absolute atomic E-state index is 5.61. The molecule has 0 spiro atoms. The van der Waals surface area contributed by atoms with E-state index in [-0.39, 0.29) is 30.1 Å². The average Bonchev–Trinajstić information content (AvgIpc) is 2.75. The molecule has 1 N–H and O–H groups in total. The van der Waals surface area contributed by atoms with Crippen LogP contribution >= 0.6 is 24.0 Å². The number of guanidine groups is 1. The zero-order valence-corrected chi connectivity index (χ0v) is 20.8. The van der Waals surface area contributed by atoms with E-state index in [9.17, 15) is 0 Å². The Bertz CT molecular complexity index is 794. The molecule has 1 saturated heterocycles. The Kier molecular flexibility index (Phi) is 9.84. The van der Waals surface area contributed by atoms with E-state index in [2.05, 4.69) is 82.4 Å². The third-order valence-electron chi connectivity index (χ3n) is 5.25. The van der Waals surface area contributed by atoms with E-state index in [4.69, 9.17) is 4.74 Å². The summed E-state index contributed by atoms with van der Waals surface area (Å²) in [5.74, 6) is 1.89. The van der Waals surface area contributed by atoms with Crippen molar-refractivity contribution in [3.8, 4) is 0 Å². The van der Waals surface area contributed by atoms with Gasteiger partial charge in [0.1, 0.15) is 5.82 Å². The number of nitrogens with zero attached hydrogens (tertiary/aromatic N) is 4. The molecule has 1 aliphatic heterocycles. The maximum Gasteiger partial charge on any atom is 0.193 e. The van der Waals surface area contributed by atoms with Gasteiger partial charge in [-0.1, -0.05) is 37.3 Å². The van der Waals surface area contributed by atoms with Crippen molar-refractivity contribution in [2.75, 3.05) is 38.7 Å². The van der Waals surface area contributed by atoms with Crippen LogP contribution in [0.25, 0.3) is 0 Å². The lowest BCUT2D eigenvalue weighted by atomic mass is 10.1. The molecule has 7 heteroatoms. The minimum Gasteiger partial charge on any atom is -0.375 e. The van der Waals surface area contributed by atoms with Crippen LogP contribution in [0.5, 0.6) is 0 Å². The number of morpholine rings is 1.